The summed E-state index contributed by atoms with van der Waals surface area (Å²) in [5.41, 5.74) is 0.359. The molecule has 2 rings (SSSR count). The maximum absolute atomic E-state index is 13.4. The molecule has 0 bridgehead atoms. The quantitative estimate of drug-likeness (QED) is 0.910. The van der Waals surface area contributed by atoms with Crippen molar-refractivity contribution < 1.29 is 14.3 Å². The molecule has 0 spiro atoms. The summed E-state index contributed by atoms with van der Waals surface area (Å²) in [4.78, 5) is 13.9. The first-order chi connectivity index (χ1) is 8.63. The van der Waals surface area contributed by atoms with Crippen LogP contribution in [-0.4, -0.2) is 35.6 Å². The van der Waals surface area contributed by atoms with Crippen LogP contribution in [0.1, 0.15) is 23.2 Å². The number of halogens is 2. The summed E-state index contributed by atoms with van der Waals surface area (Å²) < 4.78 is 13.6. The van der Waals surface area contributed by atoms with Crippen LogP contribution in [-0.2, 0) is 0 Å². The molecule has 98 valence electrons. The Balaban J connectivity index is 2.10. The Hall–Kier alpha value is -0.940. The van der Waals surface area contributed by atoms with Gasteiger partial charge >= 0.3 is 0 Å². The van der Waals surface area contributed by atoms with Gasteiger partial charge < -0.3 is 10.0 Å². The maximum atomic E-state index is 13.4. The highest BCUT2D eigenvalue weighted by Crippen LogP contribution is 2.24. The van der Waals surface area contributed by atoms with E-state index in [4.69, 9.17) is 5.11 Å². The van der Waals surface area contributed by atoms with Crippen LogP contribution in [0.5, 0.6) is 0 Å². The number of benzene rings is 1. The van der Waals surface area contributed by atoms with E-state index in [1.54, 1.807) is 11.0 Å². The molecule has 1 amide bonds. The van der Waals surface area contributed by atoms with Crippen molar-refractivity contribution in [1.29, 1.82) is 0 Å². The van der Waals surface area contributed by atoms with Gasteiger partial charge in [-0.25, -0.2) is 4.39 Å². The third kappa shape index (κ3) is 2.72. The number of piperidine rings is 1. The largest absolute Gasteiger partial charge is 0.396 e. The van der Waals surface area contributed by atoms with Gasteiger partial charge in [-0.15, -0.1) is 0 Å². The molecule has 0 aromatic heterocycles. The summed E-state index contributed by atoms with van der Waals surface area (Å²) in [7, 11) is 0. The monoisotopic (exact) mass is 315 g/mol. The fourth-order valence-electron chi connectivity index (χ4n) is 2.16. The van der Waals surface area contributed by atoms with Gasteiger partial charge in [-0.3, -0.25) is 4.79 Å². The summed E-state index contributed by atoms with van der Waals surface area (Å²) in [6, 6.07) is 4.47. The average Bonchev–Trinajstić information content (AvgIpc) is 2.41. The Bertz CT molecular complexity index is 445. The second kappa shape index (κ2) is 5.80. The molecule has 1 aromatic rings. The zero-order valence-corrected chi connectivity index (χ0v) is 11.5. The number of likely N-dealkylation sites (tertiary alicyclic amines) is 1. The number of aliphatic hydroxyl groups is 1. The molecule has 1 heterocycles. The molecule has 1 saturated heterocycles. The third-order valence-corrected chi connectivity index (χ3v) is 4.15. The zero-order valence-electron chi connectivity index (χ0n) is 9.90. The van der Waals surface area contributed by atoms with E-state index in [2.05, 4.69) is 15.9 Å². The molecule has 0 aliphatic carbocycles. The number of hydrogen-bond donors (Lipinski definition) is 1. The lowest BCUT2D eigenvalue weighted by atomic mass is 9.97. The van der Waals surface area contributed by atoms with E-state index in [1.807, 2.05) is 0 Å². The van der Waals surface area contributed by atoms with Gasteiger partial charge in [0.1, 0.15) is 5.82 Å². The Morgan fingerprint density at radius 2 is 2.11 bits per heavy atom. The van der Waals surface area contributed by atoms with Crippen LogP contribution in [0.25, 0.3) is 0 Å². The minimum atomic E-state index is -0.425. The summed E-state index contributed by atoms with van der Waals surface area (Å²) in [5.74, 6) is -0.297. The zero-order chi connectivity index (χ0) is 13.1. The molecule has 3 nitrogen and oxygen atoms in total. The standard InChI is InChI=1S/C13H15BrFNO2/c14-12-10(2-1-3-11(12)15)13(18)16-6-4-9(8-17)5-7-16/h1-3,9,17H,4-8H2. The van der Waals surface area contributed by atoms with Gasteiger partial charge in [0.05, 0.1) is 10.0 Å². The van der Waals surface area contributed by atoms with Crippen molar-refractivity contribution in [2.24, 2.45) is 5.92 Å². The van der Waals surface area contributed by atoms with Gasteiger partial charge in [0.2, 0.25) is 0 Å². The van der Waals surface area contributed by atoms with Crippen LogP contribution < -0.4 is 0 Å². The highest BCUT2D eigenvalue weighted by Gasteiger charge is 2.24. The number of carbonyl (C=O) groups is 1. The van der Waals surface area contributed by atoms with Crippen LogP contribution in [0, 0.1) is 11.7 Å². The number of rotatable bonds is 2. The molecule has 1 aliphatic heterocycles. The van der Waals surface area contributed by atoms with Gasteiger partial charge in [0.15, 0.2) is 0 Å². The van der Waals surface area contributed by atoms with E-state index >= 15 is 0 Å². The number of amides is 1. The molecule has 0 atom stereocenters. The van der Waals surface area contributed by atoms with Crippen molar-refractivity contribution in [3.63, 3.8) is 0 Å². The van der Waals surface area contributed by atoms with Crippen molar-refractivity contribution in [3.05, 3.63) is 34.1 Å². The first-order valence-electron chi connectivity index (χ1n) is 5.97. The molecule has 0 radical (unpaired) electrons. The van der Waals surface area contributed by atoms with E-state index in [-0.39, 0.29) is 22.9 Å². The number of hydrogen-bond acceptors (Lipinski definition) is 2. The summed E-state index contributed by atoms with van der Waals surface area (Å²) in [6.07, 6.45) is 1.60. The molecule has 5 heteroatoms. The van der Waals surface area contributed by atoms with Crippen LogP contribution in [0.15, 0.2) is 22.7 Å². The van der Waals surface area contributed by atoms with E-state index in [1.165, 1.54) is 12.1 Å². The fraction of sp³-hybridized carbons (Fsp3) is 0.462. The Labute approximate surface area is 114 Å². The lowest BCUT2D eigenvalue weighted by molar-refractivity contribution is 0.0649. The summed E-state index contributed by atoms with van der Waals surface area (Å²) >= 11 is 3.11. The van der Waals surface area contributed by atoms with Crippen molar-refractivity contribution in [2.45, 2.75) is 12.8 Å². The lowest BCUT2D eigenvalue weighted by Crippen LogP contribution is -2.39. The average molecular weight is 316 g/mol. The minimum absolute atomic E-state index is 0.155. The molecule has 0 saturated carbocycles. The van der Waals surface area contributed by atoms with Crippen LogP contribution in [0.4, 0.5) is 4.39 Å². The minimum Gasteiger partial charge on any atom is -0.396 e. The second-order valence-electron chi connectivity index (χ2n) is 4.52. The number of nitrogens with zero attached hydrogens (tertiary/aromatic N) is 1. The van der Waals surface area contributed by atoms with Gasteiger partial charge in [-0.2, -0.15) is 0 Å². The fourth-order valence-corrected chi connectivity index (χ4v) is 2.59. The summed E-state index contributed by atoms with van der Waals surface area (Å²) in [5, 5.41) is 9.05. The van der Waals surface area contributed by atoms with E-state index < -0.39 is 5.82 Å². The smallest absolute Gasteiger partial charge is 0.255 e. The SMILES string of the molecule is O=C(c1cccc(F)c1Br)N1CCC(CO)CC1. The molecule has 18 heavy (non-hydrogen) atoms. The normalized spacial score (nSPS) is 16.9. The van der Waals surface area contributed by atoms with Gasteiger partial charge in [0, 0.05) is 19.7 Å². The molecular formula is C13H15BrFNO2. The second-order valence-corrected chi connectivity index (χ2v) is 5.31. The molecule has 1 aliphatic rings. The van der Waals surface area contributed by atoms with Gasteiger partial charge in [0.25, 0.3) is 5.91 Å². The number of carbonyl (C=O) groups excluding carboxylic acids is 1. The van der Waals surface area contributed by atoms with Crippen molar-refractivity contribution in [3.8, 4) is 0 Å². The highest BCUT2D eigenvalue weighted by atomic mass is 79.9. The lowest BCUT2D eigenvalue weighted by Gasteiger charge is -2.31. The van der Waals surface area contributed by atoms with Gasteiger partial charge in [-0.05, 0) is 46.8 Å². The molecule has 1 aromatic carbocycles. The van der Waals surface area contributed by atoms with Crippen molar-refractivity contribution in [1.82, 2.24) is 4.90 Å². The Kier molecular flexibility index (Phi) is 4.35. The number of aliphatic hydroxyl groups excluding tert-OH is 1. The topological polar surface area (TPSA) is 40.5 Å². The van der Waals surface area contributed by atoms with E-state index in [0.29, 0.717) is 18.7 Å². The van der Waals surface area contributed by atoms with E-state index in [9.17, 15) is 9.18 Å². The third-order valence-electron chi connectivity index (χ3n) is 3.34. The Morgan fingerprint density at radius 3 is 2.72 bits per heavy atom. The van der Waals surface area contributed by atoms with Crippen LogP contribution >= 0.6 is 15.9 Å². The van der Waals surface area contributed by atoms with E-state index in [0.717, 1.165) is 12.8 Å². The predicted octanol–water partition coefficient (Wildman–Crippen LogP) is 2.43. The highest BCUT2D eigenvalue weighted by molar-refractivity contribution is 9.10. The molecule has 1 N–H and O–H groups in total. The van der Waals surface area contributed by atoms with Crippen molar-refractivity contribution >= 4 is 21.8 Å². The van der Waals surface area contributed by atoms with Crippen LogP contribution in [0.2, 0.25) is 0 Å². The Morgan fingerprint density at radius 1 is 1.44 bits per heavy atom. The van der Waals surface area contributed by atoms with Crippen molar-refractivity contribution in [2.75, 3.05) is 19.7 Å². The molecule has 0 unspecified atom stereocenters. The summed E-state index contributed by atoms with van der Waals surface area (Å²) in [6.45, 7) is 1.41. The molecular weight excluding hydrogens is 301 g/mol. The van der Waals surface area contributed by atoms with Crippen LogP contribution in [0.3, 0.4) is 0 Å². The first-order valence-corrected chi connectivity index (χ1v) is 6.77. The predicted molar refractivity (Wildman–Crippen MR) is 69.8 cm³/mol. The first kappa shape index (κ1) is 13.5. The molecule has 1 fully saturated rings. The maximum Gasteiger partial charge on any atom is 0.255 e. The van der Waals surface area contributed by atoms with Gasteiger partial charge in [-0.1, -0.05) is 6.07 Å².